The first-order valence-electron chi connectivity index (χ1n) is 34.8. The monoisotopic (exact) mass is 1060 g/mol. The van der Waals surface area contributed by atoms with Crippen molar-refractivity contribution in [2.75, 3.05) is 13.2 Å². The normalized spacial score (nSPS) is 12.4. The Bertz CT molecular complexity index is 1080. The summed E-state index contributed by atoms with van der Waals surface area (Å²) in [5.41, 5.74) is 0. The number of aliphatic hydroxyl groups is 2. The predicted octanol–water partition coefficient (Wildman–Crippen LogP) is 22.2. The zero-order chi connectivity index (χ0) is 54.3. The molecule has 0 rings (SSSR count). The van der Waals surface area contributed by atoms with Crippen LogP contribution in [0.3, 0.4) is 0 Å². The molecule has 2 atom stereocenters. The molecule has 0 aromatic carbocycles. The van der Waals surface area contributed by atoms with E-state index in [0.29, 0.717) is 25.9 Å². The minimum absolute atomic E-state index is 0.0223. The van der Waals surface area contributed by atoms with Crippen LogP contribution in [0.2, 0.25) is 0 Å². The third-order valence-electron chi connectivity index (χ3n) is 16.7. The molecule has 0 saturated heterocycles. The molecule has 0 aromatic rings. The first-order valence-corrected chi connectivity index (χ1v) is 34.8. The average molecular weight is 1060 g/mol. The second kappa shape index (κ2) is 65.4. The van der Waals surface area contributed by atoms with Crippen molar-refractivity contribution in [3.63, 3.8) is 0 Å². The number of hydrogen-bond donors (Lipinski definition) is 3. The minimum Gasteiger partial charge on any atom is -0.466 e. The van der Waals surface area contributed by atoms with Gasteiger partial charge in [0.1, 0.15) is 0 Å². The lowest BCUT2D eigenvalue weighted by molar-refractivity contribution is -0.143. The number of nitrogens with one attached hydrogen (secondary N) is 1. The Morgan fingerprint density at radius 3 is 0.813 bits per heavy atom. The Kier molecular flexibility index (Phi) is 64.4. The first-order chi connectivity index (χ1) is 37.0. The Morgan fingerprint density at radius 2 is 0.547 bits per heavy atom. The molecule has 6 nitrogen and oxygen atoms in total. The molecular formula is C69H137NO5. The minimum atomic E-state index is -0.661. The van der Waals surface area contributed by atoms with E-state index in [0.717, 1.165) is 38.5 Å². The Morgan fingerprint density at radius 1 is 0.320 bits per heavy atom. The van der Waals surface area contributed by atoms with Crippen molar-refractivity contribution in [1.82, 2.24) is 5.32 Å². The first kappa shape index (κ1) is 73.9. The largest absolute Gasteiger partial charge is 0.466 e. The van der Waals surface area contributed by atoms with E-state index < -0.39 is 12.1 Å². The lowest BCUT2D eigenvalue weighted by Crippen LogP contribution is -2.45. The summed E-state index contributed by atoms with van der Waals surface area (Å²) in [4.78, 5) is 24.6. The van der Waals surface area contributed by atoms with Gasteiger partial charge < -0.3 is 20.3 Å². The molecule has 2 unspecified atom stereocenters. The molecule has 0 aliphatic rings. The highest BCUT2D eigenvalue weighted by Crippen LogP contribution is 2.19. The Labute approximate surface area is 470 Å². The van der Waals surface area contributed by atoms with Gasteiger partial charge in [0.15, 0.2) is 0 Å². The fourth-order valence-corrected chi connectivity index (χ4v) is 11.4. The van der Waals surface area contributed by atoms with Gasteiger partial charge in [0, 0.05) is 12.8 Å². The van der Waals surface area contributed by atoms with E-state index in [2.05, 4.69) is 19.2 Å². The number of esters is 1. The smallest absolute Gasteiger partial charge is 0.305 e. The second-order valence-electron chi connectivity index (χ2n) is 24.2. The van der Waals surface area contributed by atoms with Crippen LogP contribution >= 0.6 is 0 Å². The lowest BCUT2D eigenvalue weighted by atomic mass is 10.0. The van der Waals surface area contributed by atoms with E-state index >= 15 is 0 Å². The van der Waals surface area contributed by atoms with Crippen molar-refractivity contribution in [3.05, 3.63) is 0 Å². The van der Waals surface area contributed by atoms with Gasteiger partial charge in [0.25, 0.3) is 0 Å². The summed E-state index contributed by atoms with van der Waals surface area (Å²) in [6, 6.07) is -0.538. The van der Waals surface area contributed by atoms with Crippen LogP contribution in [0.15, 0.2) is 0 Å². The van der Waals surface area contributed by atoms with E-state index in [1.165, 1.54) is 334 Å². The molecule has 0 radical (unpaired) electrons. The van der Waals surface area contributed by atoms with E-state index in [-0.39, 0.29) is 18.5 Å². The highest BCUT2D eigenvalue weighted by atomic mass is 16.5. The van der Waals surface area contributed by atoms with Crippen LogP contribution in [-0.4, -0.2) is 47.4 Å². The average Bonchev–Trinajstić information content (AvgIpc) is 3.41. The van der Waals surface area contributed by atoms with Gasteiger partial charge in [-0.25, -0.2) is 0 Å². The summed E-state index contributed by atoms with van der Waals surface area (Å²) in [6.07, 6.45) is 78.6. The summed E-state index contributed by atoms with van der Waals surface area (Å²) in [6.45, 7) is 5.00. The van der Waals surface area contributed by atoms with Crippen molar-refractivity contribution in [2.45, 2.75) is 418 Å². The van der Waals surface area contributed by atoms with Crippen LogP contribution in [0.4, 0.5) is 0 Å². The SMILES string of the molecule is CCCCCCCCCCCCCCCCCCC(O)C(CO)NC(=O)CCCCCCCCCCCCCCCCCCCCCCCCCCCCCCOC(=O)CCCCCCCCCCCCCCCC. The molecule has 0 bridgehead atoms. The van der Waals surface area contributed by atoms with E-state index in [4.69, 9.17) is 4.74 Å². The molecule has 6 heteroatoms. The predicted molar refractivity (Wildman–Crippen MR) is 329 cm³/mol. The zero-order valence-corrected chi connectivity index (χ0v) is 51.3. The topological polar surface area (TPSA) is 95.9 Å². The maximum Gasteiger partial charge on any atom is 0.305 e. The molecule has 0 saturated carbocycles. The number of unbranched alkanes of at least 4 members (excludes halogenated alkanes) is 55. The quantitative estimate of drug-likeness (QED) is 0.0417. The van der Waals surface area contributed by atoms with E-state index in [9.17, 15) is 19.8 Å². The van der Waals surface area contributed by atoms with Crippen molar-refractivity contribution >= 4 is 11.9 Å². The third-order valence-corrected chi connectivity index (χ3v) is 16.7. The molecule has 448 valence electrons. The Hall–Kier alpha value is -1.14. The number of amides is 1. The maximum atomic E-state index is 12.5. The van der Waals surface area contributed by atoms with Crippen LogP contribution in [0.1, 0.15) is 406 Å². The zero-order valence-electron chi connectivity index (χ0n) is 51.3. The summed E-state index contributed by atoms with van der Waals surface area (Å²) < 4.78 is 5.50. The molecule has 0 fully saturated rings. The fourth-order valence-electron chi connectivity index (χ4n) is 11.4. The van der Waals surface area contributed by atoms with Crippen LogP contribution in [-0.2, 0) is 14.3 Å². The summed E-state index contributed by atoms with van der Waals surface area (Å²) >= 11 is 0. The van der Waals surface area contributed by atoms with Gasteiger partial charge in [0.2, 0.25) is 5.91 Å². The maximum absolute atomic E-state index is 12.5. The Balaban J connectivity index is 3.32. The summed E-state index contributed by atoms with van der Waals surface area (Å²) in [5, 5.41) is 23.3. The number of rotatable bonds is 66. The van der Waals surface area contributed by atoms with Crippen LogP contribution in [0.25, 0.3) is 0 Å². The summed E-state index contributed by atoms with van der Waals surface area (Å²) in [5.74, 6) is -0.00548. The van der Waals surface area contributed by atoms with Crippen molar-refractivity contribution in [3.8, 4) is 0 Å². The number of hydrogen-bond acceptors (Lipinski definition) is 5. The van der Waals surface area contributed by atoms with Crippen molar-refractivity contribution in [1.29, 1.82) is 0 Å². The molecule has 0 aromatic heterocycles. The molecule has 1 amide bonds. The molecular weight excluding hydrogens is 923 g/mol. The van der Waals surface area contributed by atoms with Gasteiger partial charge >= 0.3 is 5.97 Å². The third kappa shape index (κ3) is 61.9. The number of carbonyl (C=O) groups excluding carboxylic acids is 2. The molecule has 3 N–H and O–H groups in total. The van der Waals surface area contributed by atoms with E-state index in [1.54, 1.807) is 0 Å². The van der Waals surface area contributed by atoms with Gasteiger partial charge in [-0.15, -0.1) is 0 Å². The van der Waals surface area contributed by atoms with Gasteiger partial charge in [-0.1, -0.05) is 367 Å². The molecule has 0 heterocycles. The second-order valence-corrected chi connectivity index (χ2v) is 24.2. The van der Waals surface area contributed by atoms with Gasteiger partial charge in [0.05, 0.1) is 25.4 Å². The van der Waals surface area contributed by atoms with Gasteiger partial charge in [-0.3, -0.25) is 9.59 Å². The molecule has 0 aliphatic carbocycles. The van der Waals surface area contributed by atoms with Crippen LogP contribution in [0.5, 0.6) is 0 Å². The molecule has 75 heavy (non-hydrogen) atoms. The number of carbonyl (C=O) groups is 2. The number of aliphatic hydroxyl groups excluding tert-OH is 2. The summed E-state index contributed by atoms with van der Waals surface area (Å²) in [7, 11) is 0. The van der Waals surface area contributed by atoms with Crippen LogP contribution < -0.4 is 5.32 Å². The van der Waals surface area contributed by atoms with Crippen molar-refractivity contribution in [2.24, 2.45) is 0 Å². The highest BCUT2D eigenvalue weighted by molar-refractivity contribution is 5.76. The fraction of sp³-hybridized carbons (Fsp3) is 0.971. The van der Waals surface area contributed by atoms with Gasteiger partial charge in [-0.05, 0) is 25.7 Å². The van der Waals surface area contributed by atoms with Crippen molar-refractivity contribution < 1.29 is 24.5 Å². The molecule has 0 spiro atoms. The standard InChI is InChI=1S/C69H137NO5/c1-3-5-7-9-11-13-15-17-19-34-37-41-45-49-53-57-61-67(72)66(65-71)70-68(73)62-58-54-50-46-42-38-35-32-30-28-26-24-22-20-21-23-25-27-29-31-33-36-40-44-48-52-56-60-64-75-69(74)63-59-55-51-47-43-39-18-16-14-12-10-8-6-4-2/h66-67,71-72H,3-65H2,1-2H3,(H,70,73). The lowest BCUT2D eigenvalue weighted by Gasteiger charge is -2.22. The van der Waals surface area contributed by atoms with E-state index in [1.807, 2.05) is 0 Å². The van der Waals surface area contributed by atoms with Crippen LogP contribution in [0, 0.1) is 0 Å². The molecule has 0 aliphatic heterocycles. The van der Waals surface area contributed by atoms with Gasteiger partial charge in [-0.2, -0.15) is 0 Å². The number of ether oxygens (including phenoxy) is 1. The highest BCUT2D eigenvalue weighted by Gasteiger charge is 2.20.